The Morgan fingerprint density at radius 1 is 0.731 bits per heavy atom. The molecule has 2 unspecified atom stereocenters. The summed E-state index contributed by atoms with van der Waals surface area (Å²) in [5, 5.41) is 0. The molecule has 1 aromatic carbocycles. The molecule has 0 aliphatic heterocycles. The number of rotatable bonds is 14. The highest BCUT2D eigenvalue weighted by molar-refractivity contribution is 9.11. The van der Waals surface area contributed by atoms with E-state index in [9.17, 15) is 0 Å². The Hall–Kier alpha value is 0.880. The zero-order valence-electron chi connectivity index (χ0n) is 17.0. The minimum absolute atomic E-state index is 0.837. The van der Waals surface area contributed by atoms with E-state index in [-0.39, 0.29) is 0 Å². The van der Waals surface area contributed by atoms with Crippen molar-refractivity contribution in [3.63, 3.8) is 0 Å². The molecule has 1 rings (SSSR count). The van der Waals surface area contributed by atoms with E-state index in [1.165, 1.54) is 81.6 Å². The van der Waals surface area contributed by atoms with Gasteiger partial charge in [-0.15, -0.1) is 23.5 Å². The van der Waals surface area contributed by atoms with Gasteiger partial charge in [-0.05, 0) is 68.7 Å². The highest BCUT2D eigenvalue weighted by atomic mass is 79.9. The molecule has 0 saturated heterocycles. The molecule has 150 valence electrons. The van der Waals surface area contributed by atoms with Gasteiger partial charge in [-0.2, -0.15) is 0 Å². The standard InChI is InChI=1S/C22H36Br2S2/c1-5-9-11-17(7-3)15-25-21-13-20(24)22(14-19(21)23)26-16-18(8-4)12-10-6-2/h13-14,17-18H,5-12,15-16H2,1-4H3. The SMILES string of the molecule is CCCCC(CC)CSc1cc(Br)c(SCC(CC)CCCC)cc1Br. The number of thioether (sulfide) groups is 2. The number of unbranched alkanes of at least 4 members (excludes halogenated alkanes) is 2. The number of hydrogen-bond acceptors (Lipinski definition) is 2. The lowest BCUT2D eigenvalue weighted by Gasteiger charge is -2.17. The van der Waals surface area contributed by atoms with Gasteiger partial charge in [0.2, 0.25) is 0 Å². The zero-order valence-corrected chi connectivity index (χ0v) is 21.8. The van der Waals surface area contributed by atoms with Crippen molar-refractivity contribution in [2.24, 2.45) is 11.8 Å². The van der Waals surface area contributed by atoms with Gasteiger partial charge in [-0.25, -0.2) is 0 Å². The van der Waals surface area contributed by atoms with Crippen LogP contribution >= 0.6 is 55.4 Å². The Labute approximate surface area is 187 Å². The fraction of sp³-hybridized carbons (Fsp3) is 0.727. The number of benzene rings is 1. The Bertz CT molecular complexity index is 459. The van der Waals surface area contributed by atoms with Crippen molar-refractivity contribution in [1.29, 1.82) is 0 Å². The molecule has 0 radical (unpaired) electrons. The van der Waals surface area contributed by atoms with Crippen molar-refractivity contribution in [1.82, 2.24) is 0 Å². The molecule has 0 aliphatic rings. The van der Waals surface area contributed by atoms with Crippen molar-refractivity contribution in [3.8, 4) is 0 Å². The van der Waals surface area contributed by atoms with Crippen LogP contribution in [0, 0.1) is 11.8 Å². The Morgan fingerprint density at radius 3 is 1.42 bits per heavy atom. The molecule has 0 bridgehead atoms. The van der Waals surface area contributed by atoms with E-state index >= 15 is 0 Å². The summed E-state index contributed by atoms with van der Waals surface area (Å²) in [6.45, 7) is 9.23. The molecule has 0 fully saturated rings. The van der Waals surface area contributed by atoms with Crippen molar-refractivity contribution >= 4 is 55.4 Å². The first-order valence-electron chi connectivity index (χ1n) is 10.3. The van der Waals surface area contributed by atoms with Gasteiger partial charge in [0, 0.05) is 30.2 Å². The number of halogens is 2. The van der Waals surface area contributed by atoms with Crippen LogP contribution < -0.4 is 0 Å². The Morgan fingerprint density at radius 2 is 1.12 bits per heavy atom. The first-order valence-corrected chi connectivity index (χ1v) is 13.9. The predicted octanol–water partition coefficient (Wildman–Crippen LogP) is 9.83. The third kappa shape index (κ3) is 9.39. The van der Waals surface area contributed by atoms with E-state index in [1.54, 1.807) is 0 Å². The molecule has 0 nitrogen and oxygen atoms in total. The van der Waals surface area contributed by atoms with Crippen LogP contribution in [0.25, 0.3) is 0 Å². The van der Waals surface area contributed by atoms with Crippen molar-refractivity contribution < 1.29 is 0 Å². The summed E-state index contributed by atoms with van der Waals surface area (Å²) in [7, 11) is 0. The van der Waals surface area contributed by atoms with E-state index < -0.39 is 0 Å². The Kier molecular flexibility index (Phi) is 14.2. The predicted molar refractivity (Wildman–Crippen MR) is 130 cm³/mol. The fourth-order valence-corrected chi connectivity index (χ4v) is 7.05. The van der Waals surface area contributed by atoms with Crippen LogP contribution in [0.2, 0.25) is 0 Å². The molecule has 0 aromatic heterocycles. The van der Waals surface area contributed by atoms with Gasteiger partial charge >= 0.3 is 0 Å². The van der Waals surface area contributed by atoms with Crippen molar-refractivity contribution in [2.45, 2.75) is 88.9 Å². The largest absolute Gasteiger partial charge is 0.125 e. The molecule has 0 heterocycles. The highest BCUT2D eigenvalue weighted by Gasteiger charge is 2.13. The summed E-state index contributed by atoms with van der Waals surface area (Å²) in [4.78, 5) is 2.74. The van der Waals surface area contributed by atoms with Crippen LogP contribution in [-0.2, 0) is 0 Å². The van der Waals surface area contributed by atoms with Crippen LogP contribution in [0.5, 0.6) is 0 Å². The van der Waals surface area contributed by atoms with Gasteiger partial charge in [0.1, 0.15) is 0 Å². The zero-order chi connectivity index (χ0) is 19.4. The van der Waals surface area contributed by atoms with Gasteiger partial charge in [0.25, 0.3) is 0 Å². The average Bonchev–Trinajstić information content (AvgIpc) is 2.65. The Balaban J connectivity index is 2.63. The summed E-state index contributed by atoms with van der Waals surface area (Å²) < 4.78 is 2.50. The molecule has 0 N–H and O–H groups in total. The van der Waals surface area contributed by atoms with E-state index in [2.05, 4.69) is 71.7 Å². The second kappa shape index (κ2) is 14.8. The van der Waals surface area contributed by atoms with E-state index in [1.807, 2.05) is 23.5 Å². The summed E-state index contributed by atoms with van der Waals surface area (Å²) in [6, 6.07) is 4.63. The normalized spacial score (nSPS) is 13.8. The monoisotopic (exact) mass is 522 g/mol. The summed E-state index contributed by atoms with van der Waals surface area (Å²) in [6.07, 6.45) is 10.6. The highest BCUT2D eigenvalue weighted by Crippen LogP contribution is 2.39. The van der Waals surface area contributed by atoms with Gasteiger partial charge in [0.05, 0.1) is 0 Å². The van der Waals surface area contributed by atoms with Crippen LogP contribution in [-0.4, -0.2) is 11.5 Å². The second-order valence-electron chi connectivity index (χ2n) is 7.17. The lowest BCUT2D eigenvalue weighted by Crippen LogP contribution is -2.03. The van der Waals surface area contributed by atoms with Crippen LogP contribution in [0.3, 0.4) is 0 Å². The second-order valence-corrected chi connectivity index (χ2v) is 11.0. The van der Waals surface area contributed by atoms with Gasteiger partial charge in [0.15, 0.2) is 0 Å². The first kappa shape index (κ1) is 24.9. The van der Waals surface area contributed by atoms with E-state index in [0.717, 1.165) is 11.8 Å². The summed E-state index contributed by atoms with van der Waals surface area (Å²) >= 11 is 11.6. The quantitative estimate of drug-likeness (QED) is 0.222. The maximum atomic E-state index is 3.82. The summed E-state index contributed by atoms with van der Waals surface area (Å²) in [5.74, 6) is 4.12. The molecular formula is C22H36Br2S2. The van der Waals surface area contributed by atoms with Crippen molar-refractivity contribution in [3.05, 3.63) is 21.1 Å². The van der Waals surface area contributed by atoms with Crippen LogP contribution in [0.15, 0.2) is 30.9 Å². The van der Waals surface area contributed by atoms with Crippen molar-refractivity contribution in [2.75, 3.05) is 11.5 Å². The lowest BCUT2D eigenvalue weighted by atomic mass is 10.0. The van der Waals surface area contributed by atoms with Crippen LogP contribution in [0.1, 0.15) is 79.1 Å². The maximum absolute atomic E-state index is 3.82. The number of hydrogen-bond donors (Lipinski definition) is 0. The van der Waals surface area contributed by atoms with E-state index in [0.29, 0.717) is 0 Å². The first-order chi connectivity index (χ1) is 12.5. The van der Waals surface area contributed by atoms with E-state index in [4.69, 9.17) is 0 Å². The minimum atomic E-state index is 0.837. The maximum Gasteiger partial charge on any atom is 0.0323 e. The molecule has 0 amide bonds. The lowest BCUT2D eigenvalue weighted by molar-refractivity contribution is 0.499. The molecule has 0 aliphatic carbocycles. The van der Waals surface area contributed by atoms with Crippen LogP contribution in [0.4, 0.5) is 0 Å². The third-order valence-corrected chi connectivity index (χ3v) is 9.43. The van der Waals surface area contributed by atoms with Gasteiger partial charge < -0.3 is 0 Å². The third-order valence-electron chi connectivity index (χ3n) is 5.02. The van der Waals surface area contributed by atoms with Gasteiger partial charge in [-0.3, -0.25) is 0 Å². The molecule has 4 heteroatoms. The fourth-order valence-electron chi connectivity index (χ4n) is 2.94. The van der Waals surface area contributed by atoms with Gasteiger partial charge in [-0.1, -0.05) is 66.2 Å². The molecule has 0 spiro atoms. The average molecular weight is 524 g/mol. The molecule has 0 saturated carbocycles. The molecular weight excluding hydrogens is 488 g/mol. The molecule has 2 atom stereocenters. The molecule has 26 heavy (non-hydrogen) atoms. The topological polar surface area (TPSA) is 0 Å². The summed E-state index contributed by atoms with van der Waals surface area (Å²) in [5.41, 5.74) is 0. The molecule has 1 aromatic rings. The smallest absolute Gasteiger partial charge is 0.0323 e. The minimum Gasteiger partial charge on any atom is -0.125 e.